The van der Waals surface area contributed by atoms with Crippen molar-refractivity contribution in [2.45, 2.75) is 40.2 Å². The maximum atomic E-state index is 13.1. The molecule has 0 aliphatic carbocycles. The van der Waals surface area contributed by atoms with Crippen molar-refractivity contribution in [1.29, 1.82) is 0 Å². The van der Waals surface area contributed by atoms with E-state index >= 15 is 0 Å². The Morgan fingerprint density at radius 1 is 0.897 bits per heavy atom. The van der Waals surface area contributed by atoms with Crippen LogP contribution in [0.1, 0.15) is 53.4 Å². The van der Waals surface area contributed by atoms with Crippen LogP contribution in [-0.2, 0) is 18.3 Å². The van der Waals surface area contributed by atoms with Crippen LogP contribution in [0.15, 0.2) is 48.5 Å². The highest BCUT2D eigenvalue weighted by molar-refractivity contribution is 7.53. The highest BCUT2D eigenvalue weighted by atomic mass is 31.2. The van der Waals surface area contributed by atoms with Gasteiger partial charge in [-0.05, 0) is 39.7 Å². The molecule has 29 heavy (non-hydrogen) atoms. The molecule has 1 unspecified atom stereocenters. The number of hydrogen-bond acceptors (Lipinski definition) is 5. The Labute approximate surface area is 173 Å². The van der Waals surface area contributed by atoms with E-state index < -0.39 is 13.7 Å². The van der Waals surface area contributed by atoms with Gasteiger partial charge in [0.2, 0.25) is 0 Å². The molecule has 0 N–H and O–H groups in total. The molecular weight excluding hydrogens is 387 g/mol. The summed E-state index contributed by atoms with van der Waals surface area (Å²) in [5.41, 5.74) is 3.62. The number of hydrogen-bond donors (Lipinski definition) is 0. The topological polar surface area (TPSA) is 61.8 Å². The number of Topliss-reactive ketones (excluding diaryl/α,β-unsaturated/α-hetero) is 1. The molecule has 0 saturated heterocycles. The van der Waals surface area contributed by atoms with Crippen molar-refractivity contribution in [3.8, 4) is 0 Å². The van der Waals surface area contributed by atoms with Crippen LogP contribution in [0.4, 0.5) is 0 Å². The summed E-state index contributed by atoms with van der Waals surface area (Å²) in [6, 6.07) is 15.2. The molecule has 158 valence electrons. The fraction of sp³-hybridized carbons (Fsp3) is 0.435. The van der Waals surface area contributed by atoms with Crippen LogP contribution >= 0.6 is 7.60 Å². The number of aryl methyl sites for hydroxylation is 2. The summed E-state index contributed by atoms with van der Waals surface area (Å²) in [7, 11) is -3.11. The molecule has 0 radical (unpaired) electrons. The maximum Gasteiger partial charge on any atom is 0.330 e. The lowest BCUT2D eigenvalue weighted by molar-refractivity contribution is 0.0405. The summed E-state index contributed by atoms with van der Waals surface area (Å²) >= 11 is 0. The van der Waals surface area contributed by atoms with Crippen LogP contribution in [0, 0.1) is 13.8 Å². The van der Waals surface area contributed by atoms with Crippen LogP contribution in [0.3, 0.4) is 0 Å². The summed E-state index contributed by atoms with van der Waals surface area (Å²) in [4.78, 5) is 13.1. The molecule has 0 heterocycles. The Bertz CT molecular complexity index is 804. The number of carbonyl (C=O) groups is 1. The minimum Gasteiger partial charge on any atom is -0.365 e. The van der Waals surface area contributed by atoms with E-state index in [0.29, 0.717) is 25.2 Å². The van der Waals surface area contributed by atoms with Gasteiger partial charge in [-0.1, -0.05) is 59.7 Å². The third-order valence-corrected chi connectivity index (χ3v) is 6.63. The first-order valence-electron chi connectivity index (χ1n) is 10.1. The van der Waals surface area contributed by atoms with Gasteiger partial charge < -0.3 is 13.8 Å². The van der Waals surface area contributed by atoms with E-state index in [9.17, 15) is 9.36 Å². The molecule has 6 heteroatoms. The van der Waals surface area contributed by atoms with Crippen molar-refractivity contribution < 1.29 is 23.1 Å². The molecule has 0 fully saturated rings. The van der Waals surface area contributed by atoms with E-state index in [-0.39, 0.29) is 18.6 Å². The molecule has 1 atom stereocenters. The molecule has 0 amide bonds. The van der Waals surface area contributed by atoms with Crippen LogP contribution < -0.4 is 0 Å². The largest absolute Gasteiger partial charge is 0.365 e. The average molecular weight is 418 g/mol. The first-order chi connectivity index (χ1) is 13.9. The van der Waals surface area contributed by atoms with Gasteiger partial charge in [-0.3, -0.25) is 9.36 Å². The lowest BCUT2D eigenvalue weighted by Gasteiger charge is -2.20. The van der Waals surface area contributed by atoms with Crippen LogP contribution in [0.25, 0.3) is 0 Å². The number of rotatable bonds is 12. The van der Waals surface area contributed by atoms with Crippen LogP contribution in [0.5, 0.6) is 0 Å². The van der Waals surface area contributed by atoms with Gasteiger partial charge in [0.1, 0.15) is 6.10 Å². The standard InChI is InChI=1S/C23H31O5P/c1-5-27-29(25,28-6-2)17-7-16-26-23(21-14-10-19(4)11-15-21)22(24)20-12-8-18(3)9-13-20/h8-15,23H,5-7,16-17H2,1-4H3. The fourth-order valence-corrected chi connectivity index (χ4v) is 4.59. The third-order valence-electron chi connectivity index (χ3n) is 4.47. The van der Waals surface area contributed by atoms with Crippen molar-refractivity contribution in [3.05, 3.63) is 70.8 Å². The third kappa shape index (κ3) is 7.20. The highest BCUT2D eigenvalue weighted by Gasteiger charge is 2.25. The van der Waals surface area contributed by atoms with Crippen LogP contribution in [0.2, 0.25) is 0 Å². The van der Waals surface area contributed by atoms with Gasteiger partial charge in [-0.15, -0.1) is 0 Å². The lowest BCUT2D eigenvalue weighted by atomic mass is 9.98. The number of benzene rings is 2. The zero-order chi connectivity index (χ0) is 21.3. The molecule has 2 aromatic rings. The second-order valence-corrected chi connectivity index (χ2v) is 9.10. The summed E-state index contributed by atoms with van der Waals surface area (Å²) in [6.07, 6.45) is 0.0198. The molecule has 0 bridgehead atoms. The maximum absolute atomic E-state index is 13.1. The number of ether oxygens (including phenoxy) is 1. The Hall–Kier alpha value is -1.78. The number of carbonyl (C=O) groups excluding carboxylic acids is 1. The Morgan fingerprint density at radius 2 is 1.41 bits per heavy atom. The van der Waals surface area contributed by atoms with Crippen molar-refractivity contribution >= 4 is 13.4 Å². The van der Waals surface area contributed by atoms with E-state index in [1.54, 1.807) is 13.8 Å². The van der Waals surface area contributed by atoms with E-state index in [2.05, 4.69) is 0 Å². The first-order valence-corrected chi connectivity index (χ1v) is 11.8. The molecule has 0 saturated carbocycles. The Balaban J connectivity index is 2.09. The predicted molar refractivity (Wildman–Crippen MR) is 116 cm³/mol. The van der Waals surface area contributed by atoms with Crippen LogP contribution in [-0.4, -0.2) is 31.8 Å². The summed E-state index contributed by atoms with van der Waals surface area (Å²) < 4.78 is 29.2. The van der Waals surface area contributed by atoms with E-state index in [1.807, 2.05) is 62.4 Å². The molecule has 0 spiro atoms. The van der Waals surface area contributed by atoms with Crippen molar-refractivity contribution in [2.75, 3.05) is 26.0 Å². The van der Waals surface area contributed by atoms with Gasteiger partial charge in [0.05, 0.1) is 19.4 Å². The molecular formula is C23H31O5P. The van der Waals surface area contributed by atoms with Crippen molar-refractivity contribution in [2.24, 2.45) is 0 Å². The van der Waals surface area contributed by atoms with Gasteiger partial charge >= 0.3 is 7.60 Å². The fourth-order valence-electron chi connectivity index (χ4n) is 2.95. The van der Waals surface area contributed by atoms with Gasteiger partial charge in [0.15, 0.2) is 5.78 Å². The lowest BCUT2D eigenvalue weighted by Crippen LogP contribution is -2.18. The van der Waals surface area contributed by atoms with Crippen molar-refractivity contribution in [1.82, 2.24) is 0 Å². The van der Waals surface area contributed by atoms with Crippen molar-refractivity contribution in [3.63, 3.8) is 0 Å². The molecule has 0 aromatic heterocycles. The number of ketones is 1. The van der Waals surface area contributed by atoms with E-state index in [0.717, 1.165) is 16.7 Å². The average Bonchev–Trinajstić information content (AvgIpc) is 2.69. The molecule has 0 aliphatic heterocycles. The summed E-state index contributed by atoms with van der Waals surface area (Å²) in [5, 5.41) is 0. The monoisotopic (exact) mass is 418 g/mol. The second kappa shape index (κ2) is 11.4. The summed E-state index contributed by atoms with van der Waals surface area (Å²) in [6.45, 7) is 8.50. The zero-order valence-electron chi connectivity index (χ0n) is 17.7. The molecule has 2 rings (SSSR count). The smallest absolute Gasteiger partial charge is 0.330 e. The van der Waals surface area contributed by atoms with Gasteiger partial charge in [0.25, 0.3) is 0 Å². The van der Waals surface area contributed by atoms with E-state index in [1.165, 1.54) is 0 Å². The van der Waals surface area contributed by atoms with Gasteiger partial charge in [0, 0.05) is 12.2 Å². The molecule has 2 aromatic carbocycles. The second-order valence-electron chi connectivity index (χ2n) is 6.92. The van der Waals surface area contributed by atoms with E-state index in [4.69, 9.17) is 13.8 Å². The quantitative estimate of drug-likeness (QED) is 0.244. The molecule has 5 nitrogen and oxygen atoms in total. The highest BCUT2D eigenvalue weighted by Crippen LogP contribution is 2.48. The van der Waals surface area contributed by atoms with Gasteiger partial charge in [-0.2, -0.15) is 0 Å². The Kier molecular flexibility index (Phi) is 9.25. The zero-order valence-corrected chi connectivity index (χ0v) is 18.6. The minimum atomic E-state index is -3.11. The normalized spacial score (nSPS) is 12.7. The summed E-state index contributed by atoms with van der Waals surface area (Å²) in [5.74, 6) is -0.0911. The minimum absolute atomic E-state index is 0.0911. The molecule has 0 aliphatic rings. The SMILES string of the molecule is CCOP(=O)(CCCOC(C(=O)c1ccc(C)cc1)c1ccc(C)cc1)OCC. The predicted octanol–water partition coefficient (Wildman–Crippen LogP) is 5.90. The first kappa shape index (κ1) is 23.5. The van der Waals surface area contributed by atoms with Gasteiger partial charge in [-0.25, -0.2) is 0 Å². The Morgan fingerprint density at radius 3 is 1.93 bits per heavy atom.